The second-order valence-corrected chi connectivity index (χ2v) is 30.9. The summed E-state index contributed by atoms with van der Waals surface area (Å²) >= 11 is 5.85. The van der Waals surface area contributed by atoms with E-state index in [-0.39, 0.29) is 17.0 Å². The summed E-state index contributed by atoms with van der Waals surface area (Å²) in [5, 5.41) is 0. The smallest absolute Gasteiger partial charge is 0.259 e. The Morgan fingerprint density at radius 3 is 1.24 bits per heavy atom. The minimum Gasteiger partial charge on any atom is -0.306 e. The van der Waals surface area contributed by atoms with Gasteiger partial charge in [0.2, 0.25) is 0 Å². The van der Waals surface area contributed by atoms with Crippen LogP contribution in [0.5, 0.6) is 0 Å². The average molecular weight is 1360 g/mol. The lowest BCUT2D eigenvalue weighted by molar-refractivity contribution is 0.401. The number of halogens is 2. The third kappa shape index (κ3) is 26.5. The van der Waals surface area contributed by atoms with Gasteiger partial charge >= 0.3 is 0 Å². The molecule has 0 amide bonds. The van der Waals surface area contributed by atoms with Crippen molar-refractivity contribution in [2.45, 2.75) is 306 Å². The molecular weight excluding hydrogens is 1250 g/mol. The van der Waals surface area contributed by atoms with Crippen molar-refractivity contribution in [2.24, 2.45) is 11.8 Å². The van der Waals surface area contributed by atoms with Gasteiger partial charge in [0.15, 0.2) is 0 Å². The topological polar surface area (TPSA) is 44.0 Å². The van der Waals surface area contributed by atoms with Crippen molar-refractivity contribution in [2.75, 3.05) is 0 Å². The van der Waals surface area contributed by atoms with E-state index in [2.05, 4.69) is 125 Å². The summed E-state index contributed by atoms with van der Waals surface area (Å²) < 4.78 is 36.1. The van der Waals surface area contributed by atoms with Crippen LogP contribution in [-0.4, -0.2) is 9.13 Å². The minimum absolute atomic E-state index is 0.0376. The van der Waals surface area contributed by atoms with Crippen LogP contribution < -0.4 is 11.1 Å². The summed E-state index contributed by atoms with van der Waals surface area (Å²) in [6, 6.07) is 11.7. The highest BCUT2D eigenvalue weighted by atomic mass is 32.1. The Morgan fingerprint density at radius 2 is 0.779 bits per heavy atom. The summed E-state index contributed by atoms with van der Waals surface area (Å²) in [6.07, 6.45) is 42.4. The fourth-order valence-electron chi connectivity index (χ4n) is 13.0. The van der Waals surface area contributed by atoms with E-state index in [9.17, 15) is 0 Å². The Hall–Kier alpha value is -5.82. The van der Waals surface area contributed by atoms with Crippen LogP contribution in [0.25, 0.3) is 51.4 Å². The van der Waals surface area contributed by atoms with Crippen LogP contribution in [0.4, 0.5) is 8.78 Å². The second kappa shape index (κ2) is 45.6. The maximum atomic E-state index is 16.5. The van der Waals surface area contributed by atoms with E-state index in [4.69, 9.17) is 0 Å². The maximum Gasteiger partial charge on any atom is 0.259 e. The number of hydrogen-bond donors (Lipinski definition) is 0. The normalized spacial score (nSPS) is 11.6. The van der Waals surface area contributed by atoms with E-state index >= 15 is 18.4 Å². The first-order chi connectivity index (χ1) is 46.5. The van der Waals surface area contributed by atoms with Gasteiger partial charge in [0.1, 0.15) is 11.6 Å². The van der Waals surface area contributed by atoms with Crippen molar-refractivity contribution in [1.29, 1.82) is 0 Å². The summed E-state index contributed by atoms with van der Waals surface area (Å²) in [5.74, 6) is 33.7. The number of unbranched alkanes of at least 4 members (excludes halogenated alkanes) is 27. The molecule has 10 heteroatoms. The predicted molar refractivity (Wildman–Crippen MR) is 412 cm³/mol. The molecule has 0 N–H and O–H groups in total. The number of thiophene rings is 4. The highest BCUT2D eigenvalue weighted by Gasteiger charge is 2.26. The van der Waals surface area contributed by atoms with Gasteiger partial charge in [0, 0.05) is 48.3 Å². The summed E-state index contributed by atoms with van der Waals surface area (Å²) in [7, 11) is 0. The largest absolute Gasteiger partial charge is 0.306 e. The summed E-state index contributed by atoms with van der Waals surface area (Å²) in [4.78, 5) is 37.8. The van der Waals surface area contributed by atoms with Gasteiger partial charge < -0.3 is 9.13 Å². The van der Waals surface area contributed by atoms with E-state index in [1.807, 2.05) is 28.2 Å². The highest BCUT2D eigenvalue weighted by Crippen LogP contribution is 2.47. The van der Waals surface area contributed by atoms with Crippen LogP contribution in [-0.2, 0) is 25.9 Å². The van der Waals surface area contributed by atoms with Crippen molar-refractivity contribution in [3.8, 4) is 111 Å². The third-order valence-corrected chi connectivity index (χ3v) is 23.2. The van der Waals surface area contributed by atoms with Crippen LogP contribution in [0, 0.1) is 108 Å². The molecule has 6 aromatic heterocycles. The van der Waals surface area contributed by atoms with Crippen LogP contribution in [0.15, 0.2) is 46.0 Å². The number of nitrogens with zero attached hydrogens (tertiary/aromatic N) is 2. The molecular formula is C85H110F2N2O2S4. The molecule has 0 aliphatic rings. The molecule has 4 nitrogen and oxygen atoms in total. The van der Waals surface area contributed by atoms with Crippen LogP contribution in [0.2, 0.25) is 0 Å². The number of aryl methyl sites for hydroxylation is 4. The van der Waals surface area contributed by atoms with Gasteiger partial charge in [0.05, 0.1) is 31.9 Å². The van der Waals surface area contributed by atoms with Gasteiger partial charge in [-0.2, -0.15) is 0 Å². The standard InChI is InChI=1S/C85H110F2N2O2S4/c1-9-15-21-27-33-35-36-37-39-43-48-53-68(52-46-40-29-23-17-11-3)59-70-61-78(93-67(70)8)72-63-76-77(88(84(72)90)56-50-44-31-25-19-13-5)64-73(85(91)89(76)57-51-45-32-26-20-14-6)79-62-71(81(94-79)80-65-75(87)83(95-80)82-74(86)58-66(7)92-82)60-69(54-47-41-30-24-18-12-4)55-49-42-38-34-28-22-16-10-2/h58,61-65,68-69H,10-14,16-20,22-26,28-32,34,38,40-42,44-47,49-52,54-57,59-60H2,1-8H3. The van der Waals surface area contributed by atoms with E-state index in [0.717, 1.165) is 155 Å². The first-order valence-electron chi connectivity index (χ1n) is 37.0. The quantitative estimate of drug-likeness (QED) is 0.0282. The molecule has 510 valence electrons. The molecule has 0 aromatic carbocycles. The second-order valence-electron chi connectivity index (χ2n) is 26.3. The van der Waals surface area contributed by atoms with Crippen molar-refractivity contribution in [3.63, 3.8) is 0 Å². The van der Waals surface area contributed by atoms with E-state index in [0.29, 0.717) is 39.9 Å². The van der Waals surface area contributed by atoms with Gasteiger partial charge in [-0.25, -0.2) is 8.78 Å². The molecule has 2 atom stereocenters. The molecule has 0 fully saturated rings. The Balaban J connectivity index is 1.50. The molecule has 0 saturated carbocycles. The number of hydrogen-bond acceptors (Lipinski definition) is 6. The molecule has 0 radical (unpaired) electrons. The maximum absolute atomic E-state index is 16.5. The predicted octanol–water partition coefficient (Wildman–Crippen LogP) is 25.1. The molecule has 0 aliphatic carbocycles. The Bertz CT molecular complexity index is 3830. The van der Waals surface area contributed by atoms with Gasteiger partial charge in [0.25, 0.3) is 11.1 Å². The van der Waals surface area contributed by atoms with Crippen LogP contribution >= 0.6 is 45.3 Å². The molecule has 0 spiro atoms. The lowest BCUT2D eigenvalue weighted by Crippen LogP contribution is -2.28. The molecule has 2 unspecified atom stereocenters. The van der Waals surface area contributed by atoms with Crippen molar-refractivity contribution in [1.82, 2.24) is 9.13 Å². The average Bonchev–Trinajstić information content (AvgIpc) is 1.76. The van der Waals surface area contributed by atoms with Gasteiger partial charge in [-0.3, -0.25) is 9.59 Å². The Kier molecular flexibility index (Phi) is 37.6. The highest BCUT2D eigenvalue weighted by molar-refractivity contribution is 7.27. The number of pyridine rings is 2. The van der Waals surface area contributed by atoms with E-state index < -0.39 is 11.6 Å². The number of fused-ring (bicyclic) bond motifs is 1. The fourth-order valence-corrected chi connectivity index (χ4v) is 17.4. The third-order valence-electron chi connectivity index (χ3n) is 18.4. The zero-order valence-electron chi connectivity index (χ0n) is 59.3. The number of aromatic nitrogens is 2. The molecule has 95 heavy (non-hydrogen) atoms. The molecule has 6 rings (SSSR count). The Labute approximate surface area is 589 Å². The molecule has 0 aliphatic heterocycles. The summed E-state index contributed by atoms with van der Waals surface area (Å²) in [6.45, 7) is 18.1. The first-order valence-corrected chi connectivity index (χ1v) is 40.2. The van der Waals surface area contributed by atoms with Crippen LogP contribution in [0.3, 0.4) is 0 Å². The molecule has 0 bridgehead atoms. The van der Waals surface area contributed by atoms with Gasteiger partial charge in [-0.1, -0.05) is 252 Å². The Morgan fingerprint density at radius 1 is 0.389 bits per heavy atom. The van der Waals surface area contributed by atoms with Crippen molar-refractivity contribution >= 4 is 56.4 Å². The number of rotatable bonds is 45. The SMILES string of the molecule is CC#CC#CC#CC#CC#CC#CC(CCCCCCCC)Cc1cc(-c2cc3c(cc(-c4cc(CC(CCCCCCCC)CCCCCCCCCC)c(-c5cc(F)c(-c6sc(C)cc6F)s5)s4)c(=O)n3CCCCCCCC)n(CCCCCCCC)c2=O)sc1C. The van der Waals surface area contributed by atoms with E-state index in [1.165, 1.54) is 163 Å². The van der Waals surface area contributed by atoms with Crippen molar-refractivity contribution < 1.29 is 8.78 Å². The fraction of sp³-hybridized carbons (Fsp3) is 0.576. The zero-order chi connectivity index (χ0) is 67.8. The zero-order valence-corrected chi connectivity index (χ0v) is 62.6. The van der Waals surface area contributed by atoms with Crippen molar-refractivity contribution in [3.05, 3.63) is 89.6 Å². The molecule has 0 saturated heterocycles. The van der Waals surface area contributed by atoms with Gasteiger partial charge in [-0.05, 0) is 166 Å². The summed E-state index contributed by atoms with van der Waals surface area (Å²) in [5.41, 5.74) is 4.99. The molecule has 6 heterocycles. The van der Waals surface area contributed by atoms with E-state index in [1.54, 1.807) is 35.7 Å². The van der Waals surface area contributed by atoms with Gasteiger partial charge in [-0.15, -0.1) is 45.3 Å². The minimum atomic E-state index is -0.415. The molecule has 6 aromatic rings. The van der Waals surface area contributed by atoms with Crippen LogP contribution in [0.1, 0.15) is 287 Å². The lowest BCUT2D eigenvalue weighted by Gasteiger charge is -2.18. The lowest BCUT2D eigenvalue weighted by atomic mass is 9.88. The first kappa shape index (κ1) is 78.2. The monoisotopic (exact) mass is 1360 g/mol.